The number of hydrogen-bond acceptors (Lipinski definition) is 4. The van der Waals surface area contributed by atoms with E-state index in [9.17, 15) is 9.59 Å². The largest absolute Gasteiger partial charge is 0.463 e. The fraction of sp³-hybridized carbons (Fsp3) is 0.750. The van der Waals surface area contributed by atoms with Gasteiger partial charge in [-0.3, -0.25) is 9.59 Å². The van der Waals surface area contributed by atoms with E-state index in [4.69, 9.17) is 9.47 Å². The van der Waals surface area contributed by atoms with Gasteiger partial charge >= 0.3 is 5.97 Å². The molecule has 5 heteroatoms. The minimum atomic E-state index is -0.619. The van der Waals surface area contributed by atoms with Crippen LogP contribution in [0, 0.1) is 11.8 Å². The maximum absolute atomic E-state index is 12.8. The molecule has 3 rings (SSSR count). The summed E-state index contributed by atoms with van der Waals surface area (Å²) in [6.45, 7) is 8.28. The highest BCUT2D eigenvalue weighted by Gasteiger charge is 2.67. The van der Waals surface area contributed by atoms with Crippen LogP contribution in [0.25, 0.3) is 0 Å². The smallest absolute Gasteiger partial charge is 0.313 e. The molecule has 5 atom stereocenters. The number of nitrogens with zero attached hydrogens (tertiary/aromatic N) is 1. The molecule has 5 nitrogen and oxygen atoms in total. The molecule has 3 aliphatic rings. The van der Waals surface area contributed by atoms with Crippen molar-refractivity contribution in [3.8, 4) is 0 Å². The maximum atomic E-state index is 12.8. The van der Waals surface area contributed by atoms with Crippen molar-refractivity contribution in [2.24, 2.45) is 11.8 Å². The van der Waals surface area contributed by atoms with Gasteiger partial charge in [0.1, 0.15) is 11.5 Å². The standard InChI is InChI=1S/C16H23NO4/c1-5-10(4)17-8-16-7-6-11(21-16)12(13(16)14(17)18)15(19)20-9(2)3/h6-7,9-13H,5,8H2,1-4H3/t10-,11+,12+,13+,16+/m0/s1. The number of ether oxygens (including phenoxy) is 2. The quantitative estimate of drug-likeness (QED) is 0.582. The number of carbonyl (C=O) groups is 2. The lowest BCUT2D eigenvalue weighted by atomic mass is 9.77. The van der Waals surface area contributed by atoms with Crippen LogP contribution in [0.3, 0.4) is 0 Å². The summed E-state index contributed by atoms with van der Waals surface area (Å²) in [5.41, 5.74) is -0.619. The van der Waals surface area contributed by atoms with Crippen LogP contribution < -0.4 is 0 Å². The van der Waals surface area contributed by atoms with Gasteiger partial charge in [0.15, 0.2) is 0 Å². The van der Waals surface area contributed by atoms with Gasteiger partial charge in [0.2, 0.25) is 5.91 Å². The average molecular weight is 293 g/mol. The lowest BCUT2D eigenvalue weighted by molar-refractivity contribution is -0.157. The average Bonchev–Trinajstić information content (AvgIpc) is 3.05. The fourth-order valence-electron chi connectivity index (χ4n) is 3.70. The molecule has 0 aromatic heterocycles. The second kappa shape index (κ2) is 4.83. The summed E-state index contributed by atoms with van der Waals surface area (Å²) in [5, 5.41) is 0. The van der Waals surface area contributed by atoms with Crippen LogP contribution in [0.5, 0.6) is 0 Å². The Morgan fingerprint density at radius 3 is 2.86 bits per heavy atom. The summed E-state index contributed by atoms with van der Waals surface area (Å²) in [5.74, 6) is -1.21. The van der Waals surface area contributed by atoms with Gasteiger partial charge in [-0.15, -0.1) is 0 Å². The maximum Gasteiger partial charge on any atom is 0.313 e. The molecule has 0 unspecified atom stereocenters. The minimum absolute atomic E-state index is 0.0295. The third-order valence-electron chi connectivity index (χ3n) is 4.88. The highest BCUT2D eigenvalue weighted by Crippen LogP contribution is 2.52. The topological polar surface area (TPSA) is 55.8 Å². The van der Waals surface area contributed by atoms with E-state index in [1.165, 1.54) is 0 Å². The van der Waals surface area contributed by atoms with E-state index in [1.807, 2.05) is 37.8 Å². The Morgan fingerprint density at radius 1 is 1.52 bits per heavy atom. The normalized spacial score (nSPS) is 38.2. The van der Waals surface area contributed by atoms with Crippen LogP contribution in [0.15, 0.2) is 12.2 Å². The first-order valence-corrected chi connectivity index (χ1v) is 7.77. The van der Waals surface area contributed by atoms with Gasteiger partial charge in [0.25, 0.3) is 0 Å². The molecule has 0 aromatic rings. The monoisotopic (exact) mass is 293 g/mol. The van der Waals surface area contributed by atoms with Crippen LogP contribution in [-0.4, -0.2) is 47.2 Å². The molecule has 21 heavy (non-hydrogen) atoms. The molecule has 0 radical (unpaired) electrons. The highest BCUT2D eigenvalue weighted by atomic mass is 16.6. The Bertz CT molecular complexity index is 501. The lowest BCUT2D eigenvalue weighted by Gasteiger charge is -2.26. The molecule has 1 amide bonds. The zero-order valence-corrected chi connectivity index (χ0v) is 13.0. The Hall–Kier alpha value is -1.36. The molecule has 3 aliphatic heterocycles. The highest BCUT2D eigenvalue weighted by molar-refractivity contribution is 5.91. The zero-order valence-electron chi connectivity index (χ0n) is 13.0. The number of likely N-dealkylation sites (tertiary alicyclic amines) is 1. The molecule has 2 saturated heterocycles. The zero-order chi connectivity index (χ0) is 15.4. The molecule has 2 fully saturated rings. The second-order valence-corrected chi connectivity index (χ2v) is 6.61. The third-order valence-corrected chi connectivity index (χ3v) is 4.88. The summed E-state index contributed by atoms with van der Waals surface area (Å²) >= 11 is 0. The number of hydrogen-bond donors (Lipinski definition) is 0. The van der Waals surface area contributed by atoms with Crippen LogP contribution in [0.4, 0.5) is 0 Å². The van der Waals surface area contributed by atoms with E-state index < -0.39 is 17.4 Å². The molecular weight excluding hydrogens is 270 g/mol. The van der Waals surface area contributed by atoms with Gasteiger partial charge in [-0.25, -0.2) is 0 Å². The van der Waals surface area contributed by atoms with Crippen LogP contribution >= 0.6 is 0 Å². The lowest BCUT2D eigenvalue weighted by Crippen LogP contribution is -2.41. The Labute approximate surface area is 125 Å². The van der Waals surface area contributed by atoms with E-state index in [0.717, 1.165) is 6.42 Å². The van der Waals surface area contributed by atoms with E-state index in [1.54, 1.807) is 0 Å². The second-order valence-electron chi connectivity index (χ2n) is 6.61. The van der Waals surface area contributed by atoms with Gasteiger partial charge in [-0.05, 0) is 27.2 Å². The van der Waals surface area contributed by atoms with Crippen LogP contribution in [0.2, 0.25) is 0 Å². The van der Waals surface area contributed by atoms with Crippen LogP contribution in [0.1, 0.15) is 34.1 Å². The molecule has 116 valence electrons. The van der Waals surface area contributed by atoms with Crippen molar-refractivity contribution in [1.82, 2.24) is 4.90 Å². The summed E-state index contributed by atoms with van der Waals surface area (Å²) < 4.78 is 11.4. The van der Waals surface area contributed by atoms with Gasteiger partial charge < -0.3 is 14.4 Å². The first kappa shape index (κ1) is 14.6. The number of esters is 1. The Balaban J connectivity index is 1.88. The van der Waals surface area contributed by atoms with E-state index >= 15 is 0 Å². The van der Waals surface area contributed by atoms with Crippen molar-refractivity contribution in [1.29, 1.82) is 0 Å². The summed E-state index contributed by atoms with van der Waals surface area (Å²) in [6.07, 6.45) is 4.28. The van der Waals surface area contributed by atoms with E-state index in [-0.39, 0.29) is 30.1 Å². The van der Waals surface area contributed by atoms with Crippen LogP contribution in [-0.2, 0) is 19.1 Å². The molecule has 0 saturated carbocycles. The van der Waals surface area contributed by atoms with Gasteiger partial charge in [-0.2, -0.15) is 0 Å². The molecule has 0 aliphatic carbocycles. The van der Waals surface area contributed by atoms with Crippen molar-refractivity contribution >= 4 is 11.9 Å². The molecule has 0 aromatic carbocycles. The van der Waals surface area contributed by atoms with Crippen molar-refractivity contribution < 1.29 is 19.1 Å². The summed E-state index contributed by atoms with van der Waals surface area (Å²) in [7, 11) is 0. The van der Waals surface area contributed by atoms with Crippen molar-refractivity contribution in [3.05, 3.63) is 12.2 Å². The van der Waals surface area contributed by atoms with Gasteiger partial charge in [-0.1, -0.05) is 19.1 Å². The number of carbonyl (C=O) groups excluding carboxylic acids is 2. The first-order chi connectivity index (χ1) is 9.89. The summed E-state index contributed by atoms with van der Waals surface area (Å²) in [4.78, 5) is 27.0. The van der Waals surface area contributed by atoms with Gasteiger partial charge in [0, 0.05) is 6.04 Å². The fourth-order valence-corrected chi connectivity index (χ4v) is 3.70. The number of amides is 1. The predicted octanol–water partition coefficient (Wildman–Crippen LogP) is 1.52. The summed E-state index contributed by atoms with van der Waals surface area (Å²) in [6, 6.07) is 0.162. The minimum Gasteiger partial charge on any atom is -0.463 e. The van der Waals surface area contributed by atoms with Gasteiger partial charge in [0.05, 0.1) is 24.7 Å². The molecule has 3 heterocycles. The third kappa shape index (κ3) is 2.01. The molecule has 2 bridgehead atoms. The number of fused-ring (bicyclic) bond motifs is 1. The first-order valence-electron chi connectivity index (χ1n) is 7.77. The molecular formula is C16H23NO4. The predicted molar refractivity (Wildman–Crippen MR) is 76.4 cm³/mol. The van der Waals surface area contributed by atoms with E-state index in [0.29, 0.717) is 6.54 Å². The molecule has 0 N–H and O–H groups in total. The van der Waals surface area contributed by atoms with Crippen molar-refractivity contribution in [2.75, 3.05) is 6.54 Å². The SMILES string of the molecule is CC[C@H](C)N1C[C@@]23C=C[C@@H](O2)[C@@H](C(=O)OC(C)C)[C@@H]3C1=O. The van der Waals surface area contributed by atoms with Crippen molar-refractivity contribution in [2.45, 2.75) is 58.0 Å². The van der Waals surface area contributed by atoms with E-state index in [2.05, 4.69) is 6.92 Å². The van der Waals surface area contributed by atoms with Crippen molar-refractivity contribution in [3.63, 3.8) is 0 Å². The number of rotatable bonds is 4. The Morgan fingerprint density at radius 2 is 2.24 bits per heavy atom. The Kier molecular flexibility index (Phi) is 3.35. The molecule has 1 spiro atoms.